The SMILES string of the molecule is CC[C@](C)(O)CNCc1ccccc1. The summed E-state index contributed by atoms with van der Waals surface area (Å²) in [6.45, 7) is 5.30. The van der Waals surface area contributed by atoms with Crippen molar-refractivity contribution in [3.63, 3.8) is 0 Å². The molecule has 0 unspecified atom stereocenters. The van der Waals surface area contributed by atoms with Crippen LogP contribution >= 0.6 is 0 Å². The summed E-state index contributed by atoms with van der Waals surface area (Å²) in [7, 11) is 0. The van der Waals surface area contributed by atoms with Crippen LogP contribution in [-0.2, 0) is 6.54 Å². The van der Waals surface area contributed by atoms with Gasteiger partial charge in [0.25, 0.3) is 0 Å². The summed E-state index contributed by atoms with van der Waals surface area (Å²) in [5.74, 6) is 0. The second-order valence-corrected chi connectivity index (χ2v) is 3.94. The van der Waals surface area contributed by atoms with E-state index in [0.29, 0.717) is 6.54 Å². The molecule has 0 amide bonds. The van der Waals surface area contributed by atoms with Gasteiger partial charge in [-0.25, -0.2) is 0 Å². The van der Waals surface area contributed by atoms with Gasteiger partial charge in [-0.1, -0.05) is 37.3 Å². The van der Waals surface area contributed by atoms with Crippen molar-refractivity contribution in [1.29, 1.82) is 0 Å². The molecule has 0 radical (unpaired) electrons. The van der Waals surface area contributed by atoms with Gasteiger partial charge in [-0.15, -0.1) is 0 Å². The molecule has 0 saturated heterocycles. The molecule has 2 heteroatoms. The van der Waals surface area contributed by atoms with Crippen molar-refractivity contribution in [2.75, 3.05) is 6.54 Å². The van der Waals surface area contributed by atoms with E-state index in [9.17, 15) is 5.11 Å². The van der Waals surface area contributed by atoms with Crippen LogP contribution in [0.5, 0.6) is 0 Å². The zero-order valence-electron chi connectivity index (χ0n) is 8.96. The zero-order valence-corrected chi connectivity index (χ0v) is 8.96. The molecule has 0 bridgehead atoms. The normalized spacial score (nSPS) is 15.1. The van der Waals surface area contributed by atoms with Crippen LogP contribution in [0, 0.1) is 0 Å². The fourth-order valence-corrected chi connectivity index (χ4v) is 1.20. The molecule has 0 aromatic heterocycles. The summed E-state index contributed by atoms with van der Waals surface area (Å²) in [5, 5.41) is 13.0. The number of benzene rings is 1. The highest BCUT2D eigenvalue weighted by molar-refractivity contribution is 5.14. The average molecular weight is 193 g/mol. The lowest BCUT2D eigenvalue weighted by atomic mass is 10.0. The van der Waals surface area contributed by atoms with Crippen LogP contribution in [0.15, 0.2) is 30.3 Å². The zero-order chi connectivity index (χ0) is 10.4. The summed E-state index contributed by atoms with van der Waals surface area (Å²) in [5.41, 5.74) is 0.661. The topological polar surface area (TPSA) is 32.3 Å². The standard InChI is InChI=1S/C12H19NO/c1-3-12(2,14)10-13-9-11-7-5-4-6-8-11/h4-8,13-14H,3,9-10H2,1-2H3/t12-/m0/s1. The Kier molecular flexibility index (Phi) is 4.11. The van der Waals surface area contributed by atoms with Crippen molar-refractivity contribution >= 4 is 0 Å². The smallest absolute Gasteiger partial charge is 0.0741 e. The maximum atomic E-state index is 9.74. The monoisotopic (exact) mass is 193 g/mol. The van der Waals surface area contributed by atoms with E-state index >= 15 is 0 Å². The molecule has 14 heavy (non-hydrogen) atoms. The Balaban J connectivity index is 2.29. The maximum Gasteiger partial charge on any atom is 0.0741 e. The Morgan fingerprint density at radius 3 is 2.50 bits per heavy atom. The van der Waals surface area contributed by atoms with Crippen LogP contribution in [0.25, 0.3) is 0 Å². The molecule has 1 aromatic rings. The second kappa shape index (κ2) is 5.13. The van der Waals surface area contributed by atoms with E-state index < -0.39 is 5.60 Å². The van der Waals surface area contributed by atoms with E-state index in [4.69, 9.17) is 0 Å². The minimum atomic E-state index is -0.589. The number of aliphatic hydroxyl groups is 1. The Morgan fingerprint density at radius 1 is 1.29 bits per heavy atom. The fourth-order valence-electron chi connectivity index (χ4n) is 1.20. The van der Waals surface area contributed by atoms with Crippen LogP contribution < -0.4 is 5.32 Å². The van der Waals surface area contributed by atoms with Gasteiger partial charge < -0.3 is 10.4 Å². The number of rotatable bonds is 5. The van der Waals surface area contributed by atoms with E-state index in [0.717, 1.165) is 13.0 Å². The maximum absolute atomic E-state index is 9.74. The number of hydrogen-bond donors (Lipinski definition) is 2. The van der Waals surface area contributed by atoms with Crippen LogP contribution in [0.3, 0.4) is 0 Å². The lowest BCUT2D eigenvalue weighted by molar-refractivity contribution is 0.0555. The first kappa shape index (κ1) is 11.2. The third-order valence-electron chi connectivity index (χ3n) is 2.44. The van der Waals surface area contributed by atoms with Gasteiger partial charge in [-0.3, -0.25) is 0 Å². The quantitative estimate of drug-likeness (QED) is 0.749. The van der Waals surface area contributed by atoms with Gasteiger partial charge in [-0.05, 0) is 18.9 Å². The molecule has 0 spiro atoms. The lowest BCUT2D eigenvalue weighted by Gasteiger charge is -2.21. The van der Waals surface area contributed by atoms with E-state index in [1.807, 2.05) is 32.0 Å². The Labute approximate surface area is 86.0 Å². The number of hydrogen-bond acceptors (Lipinski definition) is 2. The molecule has 0 aliphatic heterocycles. The van der Waals surface area contributed by atoms with Gasteiger partial charge in [-0.2, -0.15) is 0 Å². The van der Waals surface area contributed by atoms with Crippen molar-refractivity contribution in [2.45, 2.75) is 32.4 Å². The molecular formula is C12H19NO. The minimum absolute atomic E-state index is 0.589. The van der Waals surface area contributed by atoms with Crippen LogP contribution in [0.2, 0.25) is 0 Å². The van der Waals surface area contributed by atoms with Gasteiger partial charge in [0.1, 0.15) is 0 Å². The molecule has 0 heterocycles. The minimum Gasteiger partial charge on any atom is -0.389 e. The Hall–Kier alpha value is -0.860. The molecule has 0 fully saturated rings. The summed E-state index contributed by atoms with van der Waals surface area (Å²) in [6.07, 6.45) is 0.773. The van der Waals surface area contributed by atoms with Crippen molar-refractivity contribution in [3.8, 4) is 0 Å². The molecule has 0 aliphatic carbocycles. The summed E-state index contributed by atoms with van der Waals surface area (Å²) >= 11 is 0. The molecule has 0 aliphatic rings. The van der Waals surface area contributed by atoms with Gasteiger partial charge in [0.15, 0.2) is 0 Å². The molecular weight excluding hydrogens is 174 g/mol. The van der Waals surface area contributed by atoms with Crippen LogP contribution in [0.1, 0.15) is 25.8 Å². The Bertz CT molecular complexity index is 256. The highest BCUT2D eigenvalue weighted by Gasteiger charge is 2.15. The third-order valence-corrected chi connectivity index (χ3v) is 2.44. The van der Waals surface area contributed by atoms with E-state index in [-0.39, 0.29) is 0 Å². The van der Waals surface area contributed by atoms with Crippen molar-refractivity contribution in [3.05, 3.63) is 35.9 Å². The predicted octanol–water partition coefficient (Wildman–Crippen LogP) is 1.94. The van der Waals surface area contributed by atoms with E-state index in [1.165, 1.54) is 5.56 Å². The van der Waals surface area contributed by atoms with Crippen molar-refractivity contribution in [2.24, 2.45) is 0 Å². The summed E-state index contributed by atoms with van der Waals surface area (Å²) in [6, 6.07) is 10.2. The molecule has 1 rings (SSSR count). The highest BCUT2D eigenvalue weighted by atomic mass is 16.3. The first-order valence-electron chi connectivity index (χ1n) is 5.11. The summed E-state index contributed by atoms with van der Waals surface area (Å²) in [4.78, 5) is 0. The molecule has 2 N–H and O–H groups in total. The van der Waals surface area contributed by atoms with Gasteiger partial charge in [0.05, 0.1) is 5.60 Å². The van der Waals surface area contributed by atoms with Gasteiger partial charge in [0.2, 0.25) is 0 Å². The first-order valence-corrected chi connectivity index (χ1v) is 5.11. The van der Waals surface area contributed by atoms with Gasteiger partial charge in [0, 0.05) is 13.1 Å². The second-order valence-electron chi connectivity index (χ2n) is 3.94. The van der Waals surface area contributed by atoms with Crippen molar-refractivity contribution < 1.29 is 5.11 Å². The third kappa shape index (κ3) is 3.90. The lowest BCUT2D eigenvalue weighted by Crippen LogP contribution is -2.36. The molecule has 1 aromatic carbocycles. The van der Waals surface area contributed by atoms with Crippen molar-refractivity contribution in [1.82, 2.24) is 5.32 Å². The molecule has 78 valence electrons. The molecule has 2 nitrogen and oxygen atoms in total. The summed E-state index contributed by atoms with van der Waals surface area (Å²) < 4.78 is 0. The van der Waals surface area contributed by atoms with E-state index in [2.05, 4.69) is 17.4 Å². The number of nitrogens with one attached hydrogen (secondary N) is 1. The fraction of sp³-hybridized carbons (Fsp3) is 0.500. The molecule has 0 saturated carbocycles. The van der Waals surface area contributed by atoms with E-state index in [1.54, 1.807) is 0 Å². The predicted molar refractivity (Wildman–Crippen MR) is 59.1 cm³/mol. The molecule has 1 atom stereocenters. The van der Waals surface area contributed by atoms with Crippen LogP contribution in [-0.4, -0.2) is 17.3 Å². The van der Waals surface area contributed by atoms with Gasteiger partial charge >= 0.3 is 0 Å². The largest absolute Gasteiger partial charge is 0.389 e. The Morgan fingerprint density at radius 2 is 1.93 bits per heavy atom. The highest BCUT2D eigenvalue weighted by Crippen LogP contribution is 2.06. The van der Waals surface area contributed by atoms with Crippen LogP contribution in [0.4, 0.5) is 0 Å². The first-order chi connectivity index (χ1) is 6.64. The average Bonchev–Trinajstić information content (AvgIpc) is 2.19.